The number of rotatable bonds is 3. The van der Waals surface area contributed by atoms with Gasteiger partial charge in [-0.25, -0.2) is 4.98 Å². The fraction of sp³-hybridized carbons (Fsp3) is 0.308. The highest BCUT2D eigenvalue weighted by Crippen LogP contribution is 2.50. The Bertz CT molecular complexity index is 1210. The number of hydrogen-bond donors (Lipinski definition) is 0. The summed E-state index contributed by atoms with van der Waals surface area (Å²) in [5.41, 5.74) is 6.16. The maximum Gasteiger partial charge on any atom is 0.263 e. The van der Waals surface area contributed by atoms with E-state index in [4.69, 9.17) is 11.4 Å². The molecule has 0 radical (unpaired) electrons. The lowest BCUT2D eigenvalue weighted by Crippen LogP contribution is -2.40. The van der Waals surface area contributed by atoms with Crippen LogP contribution in [0.5, 0.6) is 0 Å². The van der Waals surface area contributed by atoms with Crippen molar-refractivity contribution in [1.82, 2.24) is 9.55 Å². The summed E-state index contributed by atoms with van der Waals surface area (Å²) in [6.45, 7) is 2.05. The molecule has 2 aliphatic carbocycles. The van der Waals surface area contributed by atoms with Gasteiger partial charge < -0.3 is 0 Å². The summed E-state index contributed by atoms with van der Waals surface area (Å²) in [5.74, 6) is 3.15. The smallest absolute Gasteiger partial charge is 0.263 e. The first-order valence-corrected chi connectivity index (χ1v) is 11.5. The van der Waals surface area contributed by atoms with Crippen LogP contribution >= 0.6 is 11.8 Å². The molecule has 3 aromatic rings. The summed E-state index contributed by atoms with van der Waals surface area (Å²) in [6.07, 6.45) is 10.9. The van der Waals surface area contributed by atoms with Gasteiger partial charge in [-0.3, -0.25) is 9.36 Å². The Hall–Kier alpha value is -2.77. The minimum atomic E-state index is -0.102. The minimum absolute atomic E-state index is 0.0692. The van der Waals surface area contributed by atoms with E-state index in [1.807, 2.05) is 30.3 Å². The fourth-order valence-electron chi connectivity index (χ4n) is 5.14. The number of aromatic nitrogens is 2. The quantitative estimate of drug-likeness (QED) is 0.333. The van der Waals surface area contributed by atoms with Crippen molar-refractivity contribution < 1.29 is 0 Å². The molecule has 0 aliphatic heterocycles. The van der Waals surface area contributed by atoms with Gasteiger partial charge in [-0.15, -0.1) is 6.42 Å². The molecular formula is C26H24N2OS. The second kappa shape index (κ2) is 7.49. The highest BCUT2D eigenvalue weighted by Gasteiger charge is 2.44. The molecule has 1 heterocycles. The molecule has 30 heavy (non-hydrogen) atoms. The Morgan fingerprint density at radius 1 is 1.13 bits per heavy atom. The summed E-state index contributed by atoms with van der Waals surface area (Å²) in [7, 11) is 0. The maximum atomic E-state index is 14.1. The molecule has 0 bridgehead atoms. The third-order valence-corrected chi connectivity index (χ3v) is 7.36. The fourth-order valence-corrected chi connectivity index (χ4v) is 5.82. The van der Waals surface area contributed by atoms with Crippen molar-refractivity contribution in [3.63, 3.8) is 0 Å². The second-order valence-electron chi connectivity index (χ2n) is 8.41. The molecule has 0 N–H and O–H groups in total. The standard InChI is InChI=1S/C26H24N2OS/c1-3-16-30-25-27-23-21-9-5-4-8-19(21)17-26(14-6-7-15-26)22(23)24(29)28(25)20-12-10-18(2)11-13-20/h1,4-5,8-13H,6-7,14-17H2,2H3. The zero-order valence-corrected chi connectivity index (χ0v) is 18.0. The molecule has 2 aliphatic rings. The Balaban J connectivity index is 1.83. The normalized spacial score (nSPS) is 16.1. The van der Waals surface area contributed by atoms with Crippen LogP contribution in [0.2, 0.25) is 0 Å². The van der Waals surface area contributed by atoms with Gasteiger partial charge in [0.15, 0.2) is 5.16 Å². The van der Waals surface area contributed by atoms with Crippen LogP contribution in [0.1, 0.15) is 42.4 Å². The average molecular weight is 413 g/mol. The van der Waals surface area contributed by atoms with Gasteiger partial charge in [0.25, 0.3) is 5.56 Å². The monoisotopic (exact) mass is 412 g/mol. The van der Waals surface area contributed by atoms with Crippen LogP contribution in [0.3, 0.4) is 0 Å². The third-order valence-electron chi connectivity index (χ3n) is 6.52. The molecule has 5 rings (SSSR count). The molecule has 1 fully saturated rings. The van der Waals surface area contributed by atoms with Gasteiger partial charge in [-0.1, -0.05) is 72.5 Å². The lowest BCUT2D eigenvalue weighted by molar-refractivity contribution is 0.422. The molecule has 0 saturated heterocycles. The zero-order chi connectivity index (χ0) is 20.7. The average Bonchev–Trinajstić information content (AvgIpc) is 3.21. The van der Waals surface area contributed by atoms with Crippen LogP contribution in [0.25, 0.3) is 16.9 Å². The van der Waals surface area contributed by atoms with Gasteiger partial charge in [-0.05, 0) is 43.9 Å². The molecule has 150 valence electrons. The lowest BCUT2D eigenvalue weighted by atomic mass is 9.68. The Kier molecular flexibility index (Phi) is 4.79. The molecule has 1 aromatic heterocycles. The predicted octanol–water partition coefficient (Wildman–Crippen LogP) is 5.30. The number of aryl methyl sites for hydroxylation is 1. The number of thioether (sulfide) groups is 1. The number of hydrogen-bond acceptors (Lipinski definition) is 3. The largest absolute Gasteiger partial charge is 0.268 e. The molecule has 0 amide bonds. The topological polar surface area (TPSA) is 34.9 Å². The molecule has 2 aromatic carbocycles. The molecule has 3 nitrogen and oxygen atoms in total. The van der Waals surface area contributed by atoms with Gasteiger partial charge in [0.2, 0.25) is 0 Å². The van der Waals surface area contributed by atoms with Gasteiger partial charge in [0, 0.05) is 11.0 Å². The van der Waals surface area contributed by atoms with E-state index in [1.165, 1.54) is 30.2 Å². The summed E-state index contributed by atoms with van der Waals surface area (Å²) in [6, 6.07) is 16.5. The first kappa shape index (κ1) is 19.2. The summed E-state index contributed by atoms with van der Waals surface area (Å²) >= 11 is 1.45. The van der Waals surface area contributed by atoms with Crippen molar-refractivity contribution in [1.29, 1.82) is 0 Å². The molecule has 0 unspecified atom stereocenters. The predicted molar refractivity (Wildman–Crippen MR) is 123 cm³/mol. The van der Waals surface area contributed by atoms with Crippen LogP contribution in [0.15, 0.2) is 58.5 Å². The van der Waals surface area contributed by atoms with E-state index in [1.54, 1.807) is 4.57 Å². The first-order valence-electron chi connectivity index (χ1n) is 10.5. The van der Waals surface area contributed by atoms with E-state index in [9.17, 15) is 4.79 Å². The van der Waals surface area contributed by atoms with Crippen molar-refractivity contribution >= 4 is 11.8 Å². The van der Waals surface area contributed by atoms with E-state index < -0.39 is 0 Å². The van der Waals surface area contributed by atoms with Crippen LogP contribution < -0.4 is 5.56 Å². The van der Waals surface area contributed by atoms with Crippen LogP contribution in [0, 0.1) is 19.3 Å². The minimum Gasteiger partial charge on any atom is -0.268 e. The van der Waals surface area contributed by atoms with E-state index in [2.05, 4.69) is 31.0 Å². The number of fused-ring (bicyclic) bond motifs is 4. The van der Waals surface area contributed by atoms with Gasteiger partial charge in [-0.2, -0.15) is 0 Å². The maximum absolute atomic E-state index is 14.1. The Morgan fingerprint density at radius 2 is 1.87 bits per heavy atom. The van der Waals surface area contributed by atoms with E-state index in [0.717, 1.165) is 47.3 Å². The Labute approximate surface area is 181 Å². The van der Waals surface area contributed by atoms with Crippen molar-refractivity contribution in [2.45, 2.75) is 49.6 Å². The van der Waals surface area contributed by atoms with Crippen molar-refractivity contribution in [2.75, 3.05) is 5.75 Å². The van der Waals surface area contributed by atoms with E-state index in [0.29, 0.717) is 10.9 Å². The SMILES string of the molecule is C#CCSc1nc2c(c(=O)n1-c1ccc(C)cc1)C1(CCCC1)Cc1ccccc1-2. The van der Waals surface area contributed by atoms with Gasteiger partial charge >= 0.3 is 0 Å². The molecule has 1 saturated carbocycles. The molecule has 4 heteroatoms. The molecular weight excluding hydrogens is 388 g/mol. The van der Waals surface area contributed by atoms with Crippen molar-refractivity contribution in [3.8, 4) is 29.3 Å². The summed E-state index contributed by atoms with van der Waals surface area (Å²) in [4.78, 5) is 19.2. The van der Waals surface area contributed by atoms with Crippen molar-refractivity contribution in [2.24, 2.45) is 0 Å². The van der Waals surface area contributed by atoms with Crippen LogP contribution in [0.4, 0.5) is 0 Å². The molecule has 1 spiro atoms. The van der Waals surface area contributed by atoms with Gasteiger partial charge in [0.05, 0.1) is 22.7 Å². The third kappa shape index (κ3) is 3.00. The first-order chi connectivity index (χ1) is 14.6. The summed E-state index contributed by atoms with van der Waals surface area (Å²) in [5, 5.41) is 0.672. The van der Waals surface area contributed by atoms with Crippen LogP contribution in [-0.2, 0) is 11.8 Å². The summed E-state index contributed by atoms with van der Waals surface area (Å²) < 4.78 is 1.79. The lowest BCUT2D eigenvalue weighted by Gasteiger charge is -2.36. The number of benzene rings is 2. The second-order valence-corrected chi connectivity index (χ2v) is 9.35. The number of nitrogens with zero attached hydrogens (tertiary/aromatic N) is 2. The molecule has 0 atom stereocenters. The Morgan fingerprint density at radius 3 is 2.60 bits per heavy atom. The highest BCUT2D eigenvalue weighted by molar-refractivity contribution is 7.99. The zero-order valence-electron chi connectivity index (χ0n) is 17.1. The highest BCUT2D eigenvalue weighted by atomic mass is 32.2. The van der Waals surface area contributed by atoms with E-state index in [-0.39, 0.29) is 11.0 Å². The van der Waals surface area contributed by atoms with E-state index >= 15 is 0 Å². The number of terminal acetylenes is 1. The van der Waals surface area contributed by atoms with Crippen LogP contribution in [-0.4, -0.2) is 15.3 Å². The van der Waals surface area contributed by atoms with Gasteiger partial charge in [0.1, 0.15) is 0 Å². The van der Waals surface area contributed by atoms with Crippen molar-refractivity contribution in [3.05, 3.63) is 75.6 Å².